The number of benzene rings is 4. The molecule has 0 aliphatic carbocycles. The standard InChI is InChI=1S/C24H17BCl2O2/c26-21-9-1-17(2-10-21)19-5-13-23(14-6-19)28-25-29-24-15-7-20(8-16-24)18-3-11-22(27)12-4-18/h1-16,25H. The summed E-state index contributed by atoms with van der Waals surface area (Å²) in [4.78, 5) is 0. The summed E-state index contributed by atoms with van der Waals surface area (Å²) < 4.78 is 11.4. The Labute approximate surface area is 180 Å². The van der Waals surface area contributed by atoms with E-state index in [1.165, 1.54) is 0 Å². The average molecular weight is 419 g/mol. The van der Waals surface area contributed by atoms with E-state index in [4.69, 9.17) is 32.5 Å². The van der Waals surface area contributed by atoms with Crippen molar-refractivity contribution in [1.82, 2.24) is 0 Å². The van der Waals surface area contributed by atoms with E-state index in [9.17, 15) is 0 Å². The Morgan fingerprint density at radius 2 is 0.690 bits per heavy atom. The van der Waals surface area contributed by atoms with E-state index in [-0.39, 0.29) is 7.69 Å². The summed E-state index contributed by atoms with van der Waals surface area (Å²) in [6.07, 6.45) is 0. The summed E-state index contributed by atoms with van der Waals surface area (Å²) >= 11 is 11.9. The maximum absolute atomic E-state index is 5.94. The van der Waals surface area contributed by atoms with Crippen molar-refractivity contribution in [2.75, 3.05) is 0 Å². The van der Waals surface area contributed by atoms with Crippen LogP contribution in [0.15, 0.2) is 97.1 Å². The van der Waals surface area contributed by atoms with Gasteiger partial charge in [-0.2, -0.15) is 0 Å². The van der Waals surface area contributed by atoms with Crippen LogP contribution >= 0.6 is 23.2 Å². The lowest BCUT2D eigenvalue weighted by Gasteiger charge is -2.09. The molecule has 0 spiro atoms. The molecule has 0 radical (unpaired) electrons. The number of hydrogen-bond donors (Lipinski definition) is 0. The van der Waals surface area contributed by atoms with Gasteiger partial charge in [-0.15, -0.1) is 0 Å². The molecular weight excluding hydrogens is 402 g/mol. The van der Waals surface area contributed by atoms with Gasteiger partial charge in [0.15, 0.2) is 0 Å². The van der Waals surface area contributed by atoms with E-state index >= 15 is 0 Å². The van der Waals surface area contributed by atoms with E-state index in [0.717, 1.165) is 43.8 Å². The predicted octanol–water partition coefficient (Wildman–Crippen LogP) is 7.05. The van der Waals surface area contributed by atoms with Gasteiger partial charge < -0.3 is 9.31 Å². The van der Waals surface area contributed by atoms with Crippen LogP contribution in [0.1, 0.15) is 0 Å². The maximum atomic E-state index is 5.94. The van der Waals surface area contributed by atoms with Crippen molar-refractivity contribution in [3.8, 4) is 33.8 Å². The molecule has 0 unspecified atom stereocenters. The second-order valence-electron chi connectivity index (χ2n) is 6.47. The summed E-state index contributed by atoms with van der Waals surface area (Å²) in [6.45, 7) is 0. The van der Waals surface area contributed by atoms with Crippen molar-refractivity contribution >= 4 is 30.9 Å². The van der Waals surface area contributed by atoms with Crippen LogP contribution in [0, 0.1) is 0 Å². The largest absolute Gasteiger partial charge is 0.576 e. The molecule has 0 saturated carbocycles. The Balaban J connectivity index is 1.31. The van der Waals surface area contributed by atoms with Crippen molar-refractivity contribution in [3.05, 3.63) is 107 Å². The van der Waals surface area contributed by atoms with Crippen molar-refractivity contribution < 1.29 is 9.31 Å². The number of rotatable bonds is 6. The van der Waals surface area contributed by atoms with Crippen LogP contribution in [0.3, 0.4) is 0 Å². The van der Waals surface area contributed by atoms with E-state index in [1.54, 1.807) is 0 Å². The van der Waals surface area contributed by atoms with Crippen LogP contribution in [0.4, 0.5) is 0 Å². The molecule has 29 heavy (non-hydrogen) atoms. The van der Waals surface area contributed by atoms with Gasteiger partial charge in [0.1, 0.15) is 11.5 Å². The number of halogens is 2. The van der Waals surface area contributed by atoms with Gasteiger partial charge in [0.2, 0.25) is 0 Å². The lowest BCUT2D eigenvalue weighted by Crippen LogP contribution is -2.10. The molecule has 2 nitrogen and oxygen atoms in total. The Morgan fingerprint density at radius 1 is 0.414 bits per heavy atom. The molecule has 0 aromatic heterocycles. The molecule has 0 bridgehead atoms. The van der Waals surface area contributed by atoms with Gasteiger partial charge in [0.05, 0.1) is 0 Å². The normalized spacial score (nSPS) is 10.4. The topological polar surface area (TPSA) is 18.5 Å². The van der Waals surface area contributed by atoms with Gasteiger partial charge in [0, 0.05) is 10.0 Å². The third-order valence-corrected chi connectivity index (χ3v) is 5.02. The first-order valence-corrected chi connectivity index (χ1v) is 9.90. The fourth-order valence-electron chi connectivity index (χ4n) is 2.94. The lowest BCUT2D eigenvalue weighted by atomic mass is 10.1. The Bertz CT molecular complexity index is 973. The predicted molar refractivity (Wildman–Crippen MR) is 122 cm³/mol. The molecule has 0 aliphatic rings. The van der Waals surface area contributed by atoms with Gasteiger partial charge >= 0.3 is 7.69 Å². The second-order valence-corrected chi connectivity index (χ2v) is 7.34. The maximum Gasteiger partial charge on any atom is 0.576 e. The van der Waals surface area contributed by atoms with Crippen LogP contribution in [-0.4, -0.2) is 7.69 Å². The first kappa shape index (κ1) is 19.4. The SMILES string of the molecule is Clc1ccc(-c2ccc(OBOc3ccc(-c4ccc(Cl)cc4)cc3)cc2)cc1. The molecule has 142 valence electrons. The summed E-state index contributed by atoms with van der Waals surface area (Å²) in [5.74, 6) is 1.50. The molecule has 0 amide bonds. The zero-order valence-corrected chi connectivity index (χ0v) is 17.0. The van der Waals surface area contributed by atoms with Crippen molar-refractivity contribution in [2.24, 2.45) is 0 Å². The van der Waals surface area contributed by atoms with Crippen LogP contribution in [-0.2, 0) is 0 Å². The molecular formula is C24H17BCl2O2. The highest BCUT2D eigenvalue weighted by Gasteiger charge is 2.03. The van der Waals surface area contributed by atoms with E-state index < -0.39 is 0 Å². The van der Waals surface area contributed by atoms with Gasteiger partial charge in [0.25, 0.3) is 0 Å². The third kappa shape index (κ3) is 5.14. The minimum absolute atomic E-state index is 0.139. The summed E-state index contributed by atoms with van der Waals surface area (Å²) in [5, 5.41) is 1.46. The third-order valence-electron chi connectivity index (χ3n) is 4.51. The van der Waals surface area contributed by atoms with E-state index in [0.29, 0.717) is 0 Å². The Kier molecular flexibility index (Phi) is 6.09. The first-order chi connectivity index (χ1) is 14.2. The average Bonchev–Trinajstić information content (AvgIpc) is 2.76. The molecule has 0 heterocycles. The minimum atomic E-state index is 0.139. The summed E-state index contributed by atoms with van der Waals surface area (Å²) in [6, 6.07) is 31.3. The molecule has 0 fully saturated rings. The van der Waals surface area contributed by atoms with Crippen LogP contribution in [0.25, 0.3) is 22.3 Å². The van der Waals surface area contributed by atoms with Crippen molar-refractivity contribution in [3.63, 3.8) is 0 Å². The Morgan fingerprint density at radius 3 is 1.00 bits per heavy atom. The minimum Gasteiger partial charge on any atom is -0.529 e. The lowest BCUT2D eigenvalue weighted by molar-refractivity contribution is 0.459. The summed E-state index contributed by atoms with van der Waals surface area (Å²) in [5.41, 5.74) is 4.43. The van der Waals surface area contributed by atoms with Crippen LogP contribution in [0.2, 0.25) is 10.0 Å². The van der Waals surface area contributed by atoms with Crippen LogP contribution < -0.4 is 9.31 Å². The first-order valence-electron chi connectivity index (χ1n) is 9.15. The van der Waals surface area contributed by atoms with Gasteiger partial charge in [-0.05, 0) is 70.8 Å². The molecule has 0 atom stereocenters. The van der Waals surface area contributed by atoms with Crippen molar-refractivity contribution in [2.45, 2.75) is 0 Å². The molecule has 4 aromatic rings. The summed E-state index contributed by atoms with van der Waals surface area (Å²) in [7, 11) is 0.139. The quantitative estimate of drug-likeness (QED) is 0.312. The molecule has 4 aromatic carbocycles. The van der Waals surface area contributed by atoms with Gasteiger partial charge in [-0.1, -0.05) is 71.7 Å². The Hall–Kier alpha value is -2.88. The zero-order chi connectivity index (χ0) is 20.1. The highest BCUT2D eigenvalue weighted by Crippen LogP contribution is 2.25. The highest BCUT2D eigenvalue weighted by molar-refractivity contribution is 6.30. The zero-order valence-electron chi connectivity index (χ0n) is 15.5. The smallest absolute Gasteiger partial charge is 0.529 e. The van der Waals surface area contributed by atoms with Crippen molar-refractivity contribution in [1.29, 1.82) is 0 Å². The second kappa shape index (κ2) is 9.08. The fraction of sp³-hybridized carbons (Fsp3) is 0. The molecule has 4 rings (SSSR count). The number of hydrogen-bond acceptors (Lipinski definition) is 2. The highest BCUT2D eigenvalue weighted by atomic mass is 35.5. The molecule has 5 heteroatoms. The monoisotopic (exact) mass is 418 g/mol. The van der Waals surface area contributed by atoms with E-state index in [1.807, 2.05) is 97.1 Å². The van der Waals surface area contributed by atoms with Gasteiger partial charge in [-0.25, -0.2) is 0 Å². The molecule has 0 saturated heterocycles. The van der Waals surface area contributed by atoms with Crippen LogP contribution in [0.5, 0.6) is 11.5 Å². The molecule has 0 N–H and O–H groups in total. The van der Waals surface area contributed by atoms with Gasteiger partial charge in [-0.3, -0.25) is 0 Å². The fourth-order valence-corrected chi connectivity index (χ4v) is 3.19. The molecule has 0 aliphatic heterocycles. The van der Waals surface area contributed by atoms with E-state index in [2.05, 4.69) is 0 Å².